The average Bonchev–Trinajstić information content (AvgIpc) is 2.52. The van der Waals surface area contributed by atoms with Gasteiger partial charge in [0.2, 0.25) is 0 Å². The smallest absolute Gasteiger partial charge is 0.182 e. The van der Waals surface area contributed by atoms with Crippen LogP contribution in [0.5, 0.6) is 0 Å². The molecule has 0 saturated carbocycles. The fourth-order valence-electron chi connectivity index (χ4n) is 2.70. The molecule has 0 bridgehead atoms. The van der Waals surface area contributed by atoms with E-state index >= 15 is 0 Å². The first-order valence-electron chi connectivity index (χ1n) is 8.89. The predicted molar refractivity (Wildman–Crippen MR) is 91.5 cm³/mol. The van der Waals surface area contributed by atoms with Crippen LogP contribution in [0.2, 0.25) is 0 Å². The summed E-state index contributed by atoms with van der Waals surface area (Å²) in [6, 6.07) is 4.47. The van der Waals surface area contributed by atoms with Crippen LogP contribution in [0.4, 0.5) is 14.5 Å². The molecule has 3 heteroatoms. The van der Waals surface area contributed by atoms with Gasteiger partial charge in [-0.2, -0.15) is 0 Å². The van der Waals surface area contributed by atoms with Gasteiger partial charge >= 0.3 is 0 Å². The number of anilines is 1. The molecule has 0 amide bonds. The lowest BCUT2D eigenvalue weighted by Crippen LogP contribution is -2.26. The highest BCUT2D eigenvalue weighted by atomic mass is 19.2. The second-order valence-corrected chi connectivity index (χ2v) is 6.03. The van der Waals surface area contributed by atoms with E-state index in [2.05, 4.69) is 13.8 Å². The number of unbranched alkanes of at least 4 members (excludes halogenated alkanes) is 7. The number of nitrogens with zero attached hydrogens (tertiary/aromatic N) is 1. The van der Waals surface area contributed by atoms with Crippen LogP contribution in [0.15, 0.2) is 18.2 Å². The van der Waals surface area contributed by atoms with Gasteiger partial charge in [0.15, 0.2) is 11.6 Å². The Labute approximate surface area is 134 Å². The lowest BCUT2D eigenvalue weighted by molar-refractivity contribution is 0.503. The second kappa shape index (κ2) is 11.4. The molecule has 0 aromatic heterocycles. The first-order chi connectivity index (χ1) is 10.7. The average molecular weight is 311 g/mol. The highest BCUT2D eigenvalue weighted by Crippen LogP contribution is 2.22. The molecule has 0 radical (unpaired) electrons. The van der Waals surface area contributed by atoms with Crippen molar-refractivity contribution in [2.45, 2.75) is 71.6 Å². The molecule has 0 spiro atoms. The molecular weight excluding hydrogens is 280 g/mol. The maximum atomic E-state index is 14.0. The van der Waals surface area contributed by atoms with Crippen molar-refractivity contribution in [2.24, 2.45) is 0 Å². The van der Waals surface area contributed by atoms with Crippen molar-refractivity contribution in [3.05, 3.63) is 29.8 Å². The normalized spacial score (nSPS) is 10.9. The van der Waals surface area contributed by atoms with Crippen LogP contribution in [0.3, 0.4) is 0 Å². The number of rotatable bonds is 12. The number of hydrogen-bond donors (Lipinski definition) is 0. The van der Waals surface area contributed by atoms with E-state index in [1.165, 1.54) is 44.6 Å². The minimum Gasteiger partial charge on any atom is -0.369 e. The molecule has 0 aliphatic heterocycles. The largest absolute Gasteiger partial charge is 0.369 e. The Hall–Kier alpha value is -1.12. The fraction of sp³-hybridized carbons (Fsp3) is 0.684. The van der Waals surface area contributed by atoms with E-state index in [1.54, 1.807) is 12.1 Å². The van der Waals surface area contributed by atoms with Crippen molar-refractivity contribution in [1.29, 1.82) is 0 Å². The third kappa shape index (κ3) is 6.76. The number of hydrogen-bond acceptors (Lipinski definition) is 1. The van der Waals surface area contributed by atoms with Crippen LogP contribution >= 0.6 is 0 Å². The molecule has 0 aliphatic carbocycles. The lowest BCUT2D eigenvalue weighted by Gasteiger charge is -2.25. The molecule has 0 atom stereocenters. The van der Waals surface area contributed by atoms with E-state index < -0.39 is 11.6 Å². The van der Waals surface area contributed by atoms with Crippen LogP contribution in [0, 0.1) is 11.6 Å². The van der Waals surface area contributed by atoms with Crippen LogP contribution in [-0.4, -0.2) is 13.1 Å². The van der Waals surface area contributed by atoms with E-state index in [1.807, 2.05) is 4.90 Å². The molecule has 0 heterocycles. The van der Waals surface area contributed by atoms with Crippen LogP contribution in [0.25, 0.3) is 0 Å². The summed E-state index contributed by atoms with van der Waals surface area (Å²) in [5.41, 5.74) is 0.416. The van der Waals surface area contributed by atoms with E-state index in [0.29, 0.717) is 5.69 Å². The molecular formula is C19H31F2N. The van der Waals surface area contributed by atoms with Crippen molar-refractivity contribution >= 4 is 5.69 Å². The molecule has 1 aromatic rings. The monoisotopic (exact) mass is 311 g/mol. The SMILES string of the molecule is CCCCCCCCCN(CCCC)c1cccc(F)c1F. The van der Waals surface area contributed by atoms with Gasteiger partial charge in [-0.15, -0.1) is 0 Å². The summed E-state index contributed by atoms with van der Waals surface area (Å²) in [5, 5.41) is 0. The van der Waals surface area contributed by atoms with Gasteiger partial charge in [-0.05, 0) is 25.0 Å². The first-order valence-corrected chi connectivity index (χ1v) is 8.89. The molecule has 1 rings (SSSR count). The zero-order valence-electron chi connectivity index (χ0n) is 14.2. The number of benzene rings is 1. The maximum absolute atomic E-state index is 14.0. The third-order valence-corrected chi connectivity index (χ3v) is 4.09. The molecule has 126 valence electrons. The Morgan fingerprint density at radius 2 is 1.36 bits per heavy atom. The Balaban J connectivity index is 2.45. The Morgan fingerprint density at radius 1 is 0.773 bits per heavy atom. The van der Waals surface area contributed by atoms with E-state index in [0.717, 1.165) is 32.4 Å². The topological polar surface area (TPSA) is 3.24 Å². The van der Waals surface area contributed by atoms with Gasteiger partial charge in [-0.1, -0.05) is 64.9 Å². The minimum absolute atomic E-state index is 0.416. The summed E-state index contributed by atoms with van der Waals surface area (Å²) in [6.45, 7) is 5.95. The van der Waals surface area contributed by atoms with E-state index in [9.17, 15) is 8.78 Å². The van der Waals surface area contributed by atoms with E-state index in [-0.39, 0.29) is 0 Å². The number of halogens is 2. The van der Waals surface area contributed by atoms with Crippen molar-refractivity contribution in [2.75, 3.05) is 18.0 Å². The molecule has 0 N–H and O–H groups in total. The van der Waals surface area contributed by atoms with Crippen LogP contribution in [-0.2, 0) is 0 Å². The summed E-state index contributed by atoms with van der Waals surface area (Å²) in [6.07, 6.45) is 10.7. The highest BCUT2D eigenvalue weighted by Gasteiger charge is 2.14. The molecule has 0 fully saturated rings. The third-order valence-electron chi connectivity index (χ3n) is 4.09. The van der Waals surface area contributed by atoms with Gasteiger partial charge in [-0.25, -0.2) is 8.78 Å². The van der Waals surface area contributed by atoms with Crippen molar-refractivity contribution in [1.82, 2.24) is 0 Å². The van der Waals surface area contributed by atoms with Crippen molar-refractivity contribution in [3.8, 4) is 0 Å². The molecule has 0 saturated heterocycles. The highest BCUT2D eigenvalue weighted by molar-refractivity contribution is 5.48. The van der Waals surface area contributed by atoms with Crippen molar-refractivity contribution in [3.63, 3.8) is 0 Å². The predicted octanol–water partition coefficient (Wildman–Crippen LogP) is 6.32. The summed E-state index contributed by atoms with van der Waals surface area (Å²) in [7, 11) is 0. The second-order valence-electron chi connectivity index (χ2n) is 6.03. The van der Waals surface area contributed by atoms with Crippen LogP contribution in [0.1, 0.15) is 71.6 Å². The summed E-state index contributed by atoms with van der Waals surface area (Å²) in [4.78, 5) is 2.01. The summed E-state index contributed by atoms with van der Waals surface area (Å²) in [5.74, 6) is -1.46. The molecule has 1 nitrogen and oxygen atoms in total. The molecule has 22 heavy (non-hydrogen) atoms. The Kier molecular flexibility index (Phi) is 9.85. The van der Waals surface area contributed by atoms with Gasteiger partial charge in [0.25, 0.3) is 0 Å². The quantitative estimate of drug-likeness (QED) is 0.408. The zero-order valence-corrected chi connectivity index (χ0v) is 14.2. The summed E-state index contributed by atoms with van der Waals surface area (Å²) >= 11 is 0. The van der Waals surface area contributed by atoms with Gasteiger partial charge in [0.1, 0.15) is 0 Å². The zero-order chi connectivity index (χ0) is 16.2. The van der Waals surface area contributed by atoms with Crippen LogP contribution < -0.4 is 4.90 Å². The van der Waals surface area contributed by atoms with E-state index in [4.69, 9.17) is 0 Å². The first kappa shape index (κ1) is 18.9. The standard InChI is InChI=1S/C19H31F2N/c1-3-5-7-8-9-10-11-16-22(15-6-4-2)18-14-12-13-17(20)19(18)21/h12-14H,3-11,15-16H2,1-2H3. The van der Waals surface area contributed by atoms with Gasteiger partial charge in [-0.3, -0.25) is 0 Å². The lowest BCUT2D eigenvalue weighted by atomic mass is 10.1. The molecule has 0 unspecified atom stereocenters. The van der Waals surface area contributed by atoms with Crippen molar-refractivity contribution < 1.29 is 8.78 Å². The maximum Gasteiger partial charge on any atom is 0.182 e. The van der Waals surface area contributed by atoms with Gasteiger partial charge in [0.05, 0.1) is 5.69 Å². The molecule has 1 aromatic carbocycles. The Bertz CT molecular complexity index is 406. The Morgan fingerprint density at radius 3 is 2.05 bits per heavy atom. The minimum atomic E-state index is -0.751. The summed E-state index contributed by atoms with van der Waals surface area (Å²) < 4.78 is 27.4. The fourth-order valence-corrected chi connectivity index (χ4v) is 2.70. The van der Waals surface area contributed by atoms with Gasteiger partial charge in [0, 0.05) is 13.1 Å². The molecule has 0 aliphatic rings. The van der Waals surface area contributed by atoms with Gasteiger partial charge < -0.3 is 4.90 Å².